The van der Waals surface area contributed by atoms with Crippen molar-refractivity contribution in [3.63, 3.8) is 0 Å². The van der Waals surface area contributed by atoms with Crippen LogP contribution >= 0.6 is 0 Å². The Morgan fingerprint density at radius 1 is 1.25 bits per heavy atom. The van der Waals surface area contributed by atoms with Gasteiger partial charge in [0.05, 0.1) is 18.0 Å². The van der Waals surface area contributed by atoms with Crippen molar-refractivity contribution in [3.8, 4) is 16.9 Å². The number of rotatable bonds is 4. The van der Waals surface area contributed by atoms with Crippen LogP contribution in [0.2, 0.25) is 0 Å². The number of hydrogen-bond acceptors (Lipinski definition) is 5. The number of hydrogen-bond donors (Lipinski definition) is 0. The Morgan fingerprint density at radius 3 is 2.71 bits per heavy atom. The number of fused-ring (bicyclic) bond motifs is 3. The third-order valence-corrected chi connectivity index (χ3v) is 4.08. The van der Waals surface area contributed by atoms with E-state index in [-0.39, 0.29) is 18.1 Å². The molecule has 24 heavy (non-hydrogen) atoms. The van der Waals surface area contributed by atoms with Crippen LogP contribution in [0.4, 0.5) is 5.69 Å². The van der Waals surface area contributed by atoms with Crippen molar-refractivity contribution in [2.24, 2.45) is 0 Å². The Morgan fingerprint density at radius 2 is 2.00 bits per heavy atom. The first-order valence-electron chi connectivity index (χ1n) is 7.67. The van der Waals surface area contributed by atoms with Gasteiger partial charge in [-0.3, -0.25) is 14.9 Å². The van der Waals surface area contributed by atoms with Crippen molar-refractivity contribution in [3.05, 3.63) is 58.1 Å². The third kappa shape index (κ3) is 2.71. The van der Waals surface area contributed by atoms with E-state index in [2.05, 4.69) is 0 Å². The van der Waals surface area contributed by atoms with Crippen LogP contribution in [0.5, 0.6) is 5.75 Å². The molecule has 0 aromatic heterocycles. The van der Waals surface area contributed by atoms with Gasteiger partial charge in [0.25, 0.3) is 5.69 Å². The predicted molar refractivity (Wildman–Crippen MR) is 87.8 cm³/mol. The van der Waals surface area contributed by atoms with Crippen molar-refractivity contribution in [2.75, 3.05) is 6.61 Å². The minimum absolute atomic E-state index is 0.00106. The molecule has 0 saturated heterocycles. The molecular weight excluding hydrogens is 310 g/mol. The van der Waals surface area contributed by atoms with E-state index in [1.54, 1.807) is 13.0 Å². The third-order valence-electron chi connectivity index (χ3n) is 4.08. The van der Waals surface area contributed by atoms with Gasteiger partial charge in [-0.05, 0) is 25.5 Å². The maximum atomic E-state index is 12.0. The summed E-state index contributed by atoms with van der Waals surface area (Å²) in [5.74, 6) is 0.172. The molecule has 1 heterocycles. The van der Waals surface area contributed by atoms with Crippen LogP contribution < -0.4 is 4.74 Å². The van der Waals surface area contributed by atoms with E-state index in [0.717, 1.165) is 11.1 Å². The van der Waals surface area contributed by atoms with Crippen molar-refractivity contribution < 1.29 is 19.2 Å². The lowest BCUT2D eigenvalue weighted by Gasteiger charge is -2.37. The number of esters is 1. The molecule has 1 unspecified atom stereocenters. The number of nitro groups is 1. The highest BCUT2D eigenvalue weighted by Gasteiger charge is 2.39. The smallest absolute Gasteiger partial charge is 0.310 e. The predicted octanol–water partition coefficient (Wildman–Crippen LogP) is 3.82. The van der Waals surface area contributed by atoms with Crippen LogP contribution in [0, 0.1) is 10.1 Å². The van der Waals surface area contributed by atoms with E-state index in [1.807, 2.05) is 31.2 Å². The van der Waals surface area contributed by atoms with Gasteiger partial charge in [-0.1, -0.05) is 24.3 Å². The highest BCUT2D eigenvalue weighted by molar-refractivity contribution is 5.80. The quantitative estimate of drug-likeness (QED) is 0.484. The van der Waals surface area contributed by atoms with E-state index >= 15 is 0 Å². The van der Waals surface area contributed by atoms with Crippen LogP contribution in [0.3, 0.4) is 0 Å². The van der Waals surface area contributed by atoms with Crippen molar-refractivity contribution >= 4 is 11.7 Å². The normalized spacial score (nSPS) is 18.1. The van der Waals surface area contributed by atoms with E-state index in [0.29, 0.717) is 17.9 Å². The average Bonchev–Trinajstić information content (AvgIpc) is 2.54. The van der Waals surface area contributed by atoms with Gasteiger partial charge in [0, 0.05) is 23.3 Å². The van der Waals surface area contributed by atoms with Crippen molar-refractivity contribution in [1.29, 1.82) is 0 Å². The average molecular weight is 327 g/mol. The number of nitrogens with zero attached hydrogens (tertiary/aromatic N) is 1. The van der Waals surface area contributed by atoms with Crippen LogP contribution in [-0.2, 0) is 15.1 Å². The Labute approximate surface area is 139 Å². The molecule has 1 aliphatic rings. The molecule has 0 aliphatic carbocycles. The van der Waals surface area contributed by atoms with Gasteiger partial charge in [-0.25, -0.2) is 0 Å². The van der Waals surface area contributed by atoms with E-state index in [9.17, 15) is 14.9 Å². The maximum absolute atomic E-state index is 12.0. The second-order valence-corrected chi connectivity index (χ2v) is 5.80. The molecule has 124 valence electrons. The van der Waals surface area contributed by atoms with Gasteiger partial charge in [-0.15, -0.1) is 0 Å². The number of nitro benzene ring substituents is 1. The molecule has 0 saturated carbocycles. The summed E-state index contributed by atoms with van der Waals surface area (Å²) in [6.45, 7) is 3.89. The summed E-state index contributed by atoms with van der Waals surface area (Å²) in [6, 6.07) is 11.9. The topological polar surface area (TPSA) is 78.7 Å². The number of carbonyl (C=O) groups excluding carboxylic acids is 1. The molecule has 0 bridgehead atoms. The second kappa shape index (κ2) is 5.96. The molecule has 1 atom stereocenters. The van der Waals surface area contributed by atoms with Gasteiger partial charge in [0.2, 0.25) is 0 Å². The standard InChI is InChI=1S/C18H17NO5/c1-3-23-17(20)11-18(2)15-7-5-4-6-13(15)14-10-12(19(21)22)8-9-16(14)24-18/h4-10H,3,11H2,1-2H3. The first kappa shape index (κ1) is 16.0. The largest absolute Gasteiger partial charge is 0.482 e. The van der Waals surface area contributed by atoms with Crippen LogP contribution in [0.15, 0.2) is 42.5 Å². The summed E-state index contributed by atoms with van der Waals surface area (Å²) in [5, 5.41) is 11.0. The van der Waals surface area contributed by atoms with Crippen LogP contribution in [0.25, 0.3) is 11.1 Å². The van der Waals surface area contributed by atoms with Crippen molar-refractivity contribution in [1.82, 2.24) is 0 Å². The summed E-state index contributed by atoms with van der Waals surface area (Å²) in [7, 11) is 0. The van der Waals surface area contributed by atoms with Gasteiger partial charge in [0.15, 0.2) is 0 Å². The SMILES string of the molecule is CCOC(=O)CC1(C)Oc2ccc([N+](=O)[O-])cc2-c2ccccc21. The minimum Gasteiger partial charge on any atom is -0.482 e. The van der Waals surface area contributed by atoms with Crippen molar-refractivity contribution in [2.45, 2.75) is 25.9 Å². The lowest BCUT2D eigenvalue weighted by atomic mass is 9.83. The fraction of sp³-hybridized carbons (Fsp3) is 0.278. The summed E-state index contributed by atoms with van der Waals surface area (Å²) in [5.41, 5.74) is 1.41. The Hall–Kier alpha value is -2.89. The molecule has 1 aliphatic heterocycles. The molecule has 0 radical (unpaired) electrons. The van der Waals surface area contributed by atoms with Gasteiger partial charge >= 0.3 is 5.97 Å². The van der Waals surface area contributed by atoms with Crippen LogP contribution in [-0.4, -0.2) is 17.5 Å². The molecule has 2 aromatic carbocycles. The van der Waals surface area contributed by atoms with Gasteiger partial charge in [0.1, 0.15) is 11.4 Å². The molecule has 0 fully saturated rings. The second-order valence-electron chi connectivity index (χ2n) is 5.80. The highest BCUT2D eigenvalue weighted by Crippen LogP contribution is 2.47. The fourth-order valence-corrected chi connectivity index (χ4v) is 3.03. The lowest BCUT2D eigenvalue weighted by Crippen LogP contribution is -2.36. The molecule has 3 rings (SSSR count). The summed E-state index contributed by atoms with van der Waals surface area (Å²) in [4.78, 5) is 22.6. The number of carbonyl (C=O) groups is 1. The first-order chi connectivity index (χ1) is 11.4. The monoisotopic (exact) mass is 327 g/mol. The summed E-state index contributed by atoms with van der Waals surface area (Å²) < 4.78 is 11.1. The van der Waals surface area contributed by atoms with E-state index in [4.69, 9.17) is 9.47 Å². The Kier molecular flexibility index (Phi) is 3.97. The van der Waals surface area contributed by atoms with Crippen LogP contribution in [0.1, 0.15) is 25.8 Å². The van der Waals surface area contributed by atoms with Gasteiger partial charge in [-0.2, -0.15) is 0 Å². The number of ether oxygens (including phenoxy) is 2. The maximum Gasteiger partial charge on any atom is 0.310 e. The minimum atomic E-state index is -0.883. The molecule has 2 aromatic rings. The number of benzene rings is 2. The number of non-ortho nitro benzene ring substituents is 1. The zero-order valence-corrected chi connectivity index (χ0v) is 13.4. The van der Waals surface area contributed by atoms with E-state index < -0.39 is 10.5 Å². The fourth-order valence-electron chi connectivity index (χ4n) is 3.03. The summed E-state index contributed by atoms with van der Waals surface area (Å²) in [6.07, 6.45) is 0.0638. The molecule has 0 N–H and O–H groups in total. The van der Waals surface area contributed by atoms with Gasteiger partial charge < -0.3 is 9.47 Å². The summed E-state index contributed by atoms with van der Waals surface area (Å²) >= 11 is 0. The lowest BCUT2D eigenvalue weighted by molar-refractivity contribution is -0.384. The molecular formula is C18H17NO5. The Bertz CT molecular complexity index is 817. The van der Waals surface area contributed by atoms with E-state index in [1.165, 1.54) is 12.1 Å². The zero-order valence-electron chi connectivity index (χ0n) is 13.4. The molecule has 6 heteroatoms. The highest BCUT2D eigenvalue weighted by atomic mass is 16.6. The zero-order chi connectivity index (χ0) is 17.3. The molecule has 0 amide bonds. The first-order valence-corrected chi connectivity index (χ1v) is 7.67. The molecule has 0 spiro atoms. The Balaban J connectivity index is 2.10. The molecule has 6 nitrogen and oxygen atoms in total.